The van der Waals surface area contributed by atoms with Gasteiger partial charge in [0.25, 0.3) is 0 Å². The van der Waals surface area contributed by atoms with Gasteiger partial charge in [-0.25, -0.2) is 4.99 Å². The van der Waals surface area contributed by atoms with Crippen molar-refractivity contribution in [1.29, 1.82) is 0 Å². The molecule has 1 aliphatic carbocycles. The first-order valence-electron chi connectivity index (χ1n) is 11.3. The third-order valence-corrected chi connectivity index (χ3v) is 4.72. The van der Waals surface area contributed by atoms with Crippen molar-refractivity contribution >= 4 is 41.5 Å². The molecule has 9 heteroatoms. The number of amides is 1. The van der Waals surface area contributed by atoms with E-state index in [1.54, 1.807) is 12.3 Å². The fraction of sp³-hybridized carbons (Fsp3) is 0.500. The second-order valence-electron chi connectivity index (χ2n) is 8.14. The van der Waals surface area contributed by atoms with Gasteiger partial charge in [-0.15, -0.1) is 24.0 Å². The van der Waals surface area contributed by atoms with Gasteiger partial charge in [-0.3, -0.25) is 4.79 Å². The van der Waals surface area contributed by atoms with Crippen molar-refractivity contribution in [1.82, 2.24) is 10.6 Å². The van der Waals surface area contributed by atoms with Crippen molar-refractivity contribution in [2.45, 2.75) is 45.8 Å². The van der Waals surface area contributed by atoms with E-state index in [1.807, 2.05) is 44.2 Å². The number of carbonyl (C=O) groups excluding carboxylic acids is 1. The maximum atomic E-state index is 12.2. The molecule has 0 bridgehead atoms. The smallest absolute Gasteiger partial charge is 0.242 e. The zero-order chi connectivity index (χ0) is 22.6. The lowest BCUT2D eigenvalue weighted by Gasteiger charge is -2.14. The van der Waals surface area contributed by atoms with Crippen LogP contribution in [0.3, 0.4) is 0 Å². The summed E-state index contributed by atoms with van der Waals surface area (Å²) in [4.78, 5) is 16.6. The van der Waals surface area contributed by atoms with E-state index in [1.165, 1.54) is 12.8 Å². The Kier molecular flexibility index (Phi) is 12.1. The fourth-order valence-electron chi connectivity index (χ4n) is 2.89. The molecule has 0 atom stereocenters. The monoisotopic (exact) mass is 570 g/mol. The number of guanidine groups is 1. The van der Waals surface area contributed by atoms with Crippen LogP contribution in [0.1, 0.15) is 38.9 Å². The number of carbonyl (C=O) groups is 1. The van der Waals surface area contributed by atoms with Crippen molar-refractivity contribution in [2.24, 2.45) is 10.9 Å². The summed E-state index contributed by atoms with van der Waals surface area (Å²) in [6.07, 6.45) is 5.15. The molecular formula is C24H35IN4O4. The molecule has 0 aliphatic heterocycles. The molecule has 0 saturated heterocycles. The standard InChI is InChI=1S/C24H34N4O4.HI/c1-18(2)32-21-10-8-20(9-11-21)28-24(25-12-4-13-30-17-19-6-7-19)27-16-23(29)26-15-22-5-3-14-31-22;/h3,5,8-11,14,18-19H,4,6-7,12-13,15-17H2,1-2H3,(H,26,29)(H2,25,27,28);1H. The van der Waals surface area contributed by atoms with Crippen LogP contribution in [0.5, 0.6) is 5.75 Å². The van der Waals surface area contributed by atoms with Gasteiger partial charge in [0.2, 0.25) is 5.91 Å². The quantitative estimate of drug-likeness (QED) is 0.145. The first-order valence-corrected chi connectivity index (χ1v) is 11.3. The number of furan rings is 1. The van der Waals surface area contributed by atoms with E-state index in [2.05, 4.69) is 20.9 Å². The van der Waals surface area contributed by atoms with Crippen LogP contribution in [0.4, 0.5) is 5.69 Å². The summed E-state index contributed by atoms with van der Waals surface area (Å²) in [5.74, 6) is 2.63. The zero-order valence-corrected chi connectivity index (χ0v) is 21.7. The molecule has 2 aromatic rings. The third kappa shape index (κ3) is 11.4. The fourth-order valence-corrected chi connectivity index (χ4v) is 2.89. The van der Waals surface area contributed by atoms with Gasteiger partial charge in [-0.05, 0) is 75.4 Å². The molecule has 1 amide bonds. The summed E-state index contributed by atoms with van der Waals surface area (Å²) >= 11 is 0. The van der Waals surface area contributed by atoms with E-state index in [4.69, 9.17) is 13.9 Å². The van der Waals surface area contributed by atoms with Crippen LogP contribution >= 0.6 is 24.0 Å². The molecule has 1 aromatic carbocycles. The zero-order valence-electron chi connectivity index (χ0n) is 19.3. The second-order valence-corrected chi connectivity index (χ2v) is 8.14. The van der Waals surface area contributed by atoms with E-state index < -0.39 is 0 Å². The number of benzene rings is 1. The van der Waals surface area contributed by atoms with Crippen LogP contribution in [0.25, 0.3) is 0 Å². The van der Waals surface area contributed by atoms with Gasteiger partial charge in [-0.1, -0.05) is 0 Å². The van der Waals surface area contributed by atoms with E-state index in [9.17, 15) is 4.79 Å². The molecule has 0 radical (unpaired) electrons. The van der Waals surface area contributed by atoms with E-state index >= 15 is 0 Å². The topological polar surface area (TPSA) is 97.1 Å². The van der Waals surface area contributed by atoms with Crippen molar-refractivity contribution in [2.75, 3.05) is 31.6 Å². The van der Waals surface area contributed by atoms with Gasteiger partial charge in [0.15, 0.2) is 5.96 Å². The first-order chi connectivity index (χ1) is 15.6. The number of rotatable bonds is 13. The van der Waals surface area contributed by atoms with Crippen molar-refractivity contribution < 1.29 is 18.7 Å². The van der Waals surface area contributed by atoms with Gasteiger partial charge in [-0.2, -0.15) is 0 Å². The van der Waals surface area contributed by atoms with Gasteiger partial charge < -0.3 is 29.8 Å². The third-order valence-electron chi connectivity index (χ3n) is 4.72. The van der Waals surface area contributed by atoms with E-state index in [0.29, 0.717) is 31.4 Å². The Balaban J connectivity index is 0.00000385. The average Bonchev–Trinajstić information content (AvgIpc) is 3.45. The second kappa shape index (κ2) is 14.8. The normalized spacial score (nSPS) is 13.4. The van der Waals surface area contributed by atoms with Crippen LogP contribution in [-0.2, 0) is 16.1 Å². The molecule has 33 heavy (non-hydrogen) atoms. The van der Waals surface area contributed by atoms with Crippen molar-refractivity contribution in [3.05, 3.63) is 48.4 Å². The number of anilines is 1. The minimum atomic E-state index is -0.184. The largest absolute Gasteiger partial charge is 0.491 e. The lowest BCUT2D eigenvalue weighted by atomic mass is 10.3. The van der Waals surface area contributed by atoms with Gasteiger partial charge in [0, 0.05) is 25.4 Å². The lowest BCUT2D eigenvalue weighted by Crippen LogP contribution is -2.34. The molecule has 182 valence electrons. The Morgan fingerprint density at radius 1 is 1.18 bits per heavy atom. The van der Waals surface area contributed by atoms with Crippen LogP contribution < -0.4 is 20.7 Å². The highest BCUT2D eigenvalue weighted by Crippen LogP contribution is 2.28. The summed E-state index contributed by atoms with van der Waals surface area (Å²) < 4.78 is 16.6. The molecule has 1 fully saturated rings. The van der Waals surface area contributed by atoms with Gasteiger partial charge >= 0.3 is 0 Å². The Labute approximate surface area is 212 Å². The summed E-state index contributed by atoms with van der Waals surface area (Å²) in [6, 6.07) is 11.3. The molecule has 1 saturated carbocycles. The van der Waals surface area contributed by atoms with Gasteiger partial charge in [0.05, 0.1) is 18.9 Å². The highest BCUT2D eigenvalue weighted by atomic mass is 127. The number of nitrogens with one attached hydrogen (secondary N) is 3. The van der Waals surface area contributed by atoms with Crippen molar-refractivity contribution in [3.8, 4) is 5.75 Å². The predicted molar refractivity (Wildman–Crippen MR) is 140 cm³/mol. The highest BCUT2D eigenvalue weighted by molar-refractivity contribution is 14.0. The van der Waals surface area contributed by atoms with E-state index in [-0.39, 0.29) is 42.5 Å². The molecule has 3 rings (SSSR count). The summed E-state index contributed by atoms with van der Waals surface area (Å²) in [5.41, 5.74) is 0.855. The highest BCUT2D eigenvalue weighted by Gasteiger charge is 2.20. The molecule has 8 nitrogen and oxygen atoms in total. The van der Waals surface area contributed by atoms with Crippen LogP contribution in [0.15, 0.2) is 52.1 Å². The minimum Gasteiger partial charge on any atom is -0.491 e. The maximum absolute atomic E-state index is 12.2. The number of aliphatic imine (C=N–C) groups is 1. The Morgan fingerprint density at radius 3 is 2.64 bits per heavy atom. The lowest BCUT2D eigenvalue weighted by molar-refractivity contribution is -0.119. The molecular weight excluding hydrogens is 535 g/mol. The van der Waals surface area contributed by atoms with Crippen LogP contribution in [-0.4, -0.2) is 44.3 Å². The van der Waals surface area contributed by atoms with Gasteiger partial charge in [0.1, 0.15) is 18.1 Å². The maximum Gasteiger partial charge on any atom is 0.242 e. The number of halogens is 1. The van der Waals surface area contributed by atoms with Crippen LogP contribution in [0, 0.1) is 5.92 Å². The van der Waals surface area contributed by atoms with Crippen LogP contribution in [0.2, 0.25) is 0 Å². The minimum absolute atomic E-state index is 0. The van der Waals surface area contributed by atoms with E-state index in [0.717, 1.165) is 30.4 Å². The molecule has 0 spiro atoms. The summed E-state index contributed by atoms with van der Waals surface area (Å²) in [7, 11) is 0. The Morgan fingerprint density at radius 2 is 1.97 bits per heavy atom. The first kappa shape index (κ1) is 27.0. The number of hydrogen-bond donors (Lipinski definition) is 3. The molecule has 1 heterocycles. The Bertz CT molecular complexity index is 837. The average molecular weight is 570 g/mol. The molecule has 3 N–H and O–H groups in total. The predicted octanol–water partition coefficient (Wildman–Crippen LogP) is 4.18. The summed E-state index contributed by atoms with van der Waals surface area (Å²) in [6.45, 7) is 6.59. The van der Waals surface area contributed by atoms with Crippen molar-refractivity contribution in [3.63, 3.8) is 0 Å². The summed E-state index contributed by atoms with van der Waals surface area (Å²) in [5, 5.41) is 9.32. The molecule has 1 aromatic heterocycles. The molecule has 1 aliphatic rings. The number of ether oxygens (including phenoxy) is 2. The number of hydrogen-bond acceptors (Lipinski definition) is 5. The molecule has 0 unspecified atom stereocenters. The SMILES string of the molecule is CC(C)Oc1ccc(NC(=NCC(=O)NCc2ccco2)NCCCOCC2CC2)cc1.I. The number of nitrogens with zero attached hydrogens (tertiary/aromatic N) is 1. The Hall–Kier alpha value is -2.27.